The molecule has 224 valence electrons. The van der Waals surface area contributed by atoms with Crippen molar-refractivity contribution in [1.29, 1.82) is 0 Å². The molecule has 10 heteroatoms. The average molecular weight is 592 g/mol. The Hall–Kier alpha value is -5.35. The fraction of sp³-hybridized carbons (Fsp3) is 0.206. The number of benzene rings is 3. The second-order valence-corrected chi connectivity index (χ2v) is 10.5. The van der Waals surface area contributed by atoms with Crippen LogP contribution >= 0.6 is 0 Å². The van der Waals surface area contributed by atoms with Crippen LogP contribution in [0.25, 0.3) is 10.9 Å². The highest BCUT2D eigenvalue weighted by molar-refractivity contribution is 5.83. The first-order valence-electron chi connectivity index (χ1n) is 14.2. The highest BCUT2D eigenvalue weighted by atomic mass is 16.4. The number of carbonyl (C=O) groups excluding carboxylic acids is 1. The summed E-state index contributed by atoms with van der Waals surface area (Å²) >= 11 is 0. The molecule has 0 saturated heterocycles. The molecule has 2 aromatic heterocycles. The van der Waals surface area contributed by atoms with Crippen LogP contribution in [0.3, 0.4) is 0 Å². The largest absolute Gasteiger partial charge is 0.465 e. The Kier molecular flexibility index (Phi) is 9.41. The van der Waals surface area contributed by atoms with E-state index in [0.717, 1.165) is 28.7 Å². The molecule has 44 heavy (non-hydrogen) atoms. The van der Waals surface area contributed by atoms with Crippen LogP contribution in [-0.4, -0.2) is 38.4 Å². The van der Waals surface area contributed by atoms with Gasteiger partial charge in [0.25, 0.3) is 0 Å². The van der Waals surface area contributed by atoms with Gasteiger partial charge in [0.2, 0.25) is 0 Å². The van der Waals surface area contributed by atoms with Crippen LogP contribution in [0.2, 0.25) is 0 Å². The summed E-state index contributed by atoms with van der Waals surface area (Å²) in [5, 5.41) is 11.6. The van der Waals surface area contributed by atoms with E-state index in [4.69, 9.17) is 4.42 Å². The van der Waals surface area contributed by atoms with E-state index in [-0.39, 0.29) is 24.5 Å². The summed E-state index contributed by atoms with van der Waals surface area (Å²) in [6.07, 6.45) is 1.77. The van der Waals surface area contributed by atoms with Crippen molar-refractivity contribution >= 4 is 29.3 Å². The molecule has 2 heterocycles. The Labute approximate surface area is 254 Å². The lowest BCUT2D eigenvalue weighted by Crippen LogP contribution is -2.48. The number of anilines is 1. The summed E-state index contributed by atoms with van der Waals surface area (Å²) in [7, 11) is 0. The maximum absolute atomic E-state index is 13.5. The first-order valence-corrected chi connectivity index (χ1v) is 14.2. The molecule has 0 fully saturated rings. The number of hydrogen-bond acceptors (Lipinski definition) is 8. The Morgan fingerprint density at radius 3 is 2.30 bits per heavy atom. The molecule has 10 nitrogen and oxygen atoms in total. The first kappa shape index (κ1) is 30.1. The average Bonchev–Trinajstić information content (AvgIpc) is 3.03. The van der Waals surface area contributed by atoms with E-state index in [2.05, 4.69) is 15.4 Å². The Bertz CT molecular complexity index is 1810. The van der Waals surface area contributed by atoms with Crippen molar-refractivity contribution in [1.82, 2.24) is 20.3 Å². The smallest absolute Gasteiger partial charge is 0.407 e. The molecule has 2 N–H and O–H groups in total. The number of aromatic nitrogens is 2. The van der Waals surface area contributed by atoms with Gasteiger partial charge in [-0.2, -0.15) is 4.98 Å². The fourth-order valence-electron chi connectivity index (χ4n) is 5.08. The van der Waals surface area contributed by atoms with Crippen molar-refractivity contribution in [3.8, 4) is 0 Å². The lowest BCUT2D eigenvalue weighted by atomic mass is 10.0. The summed E-state index contributed by atoms with van der Waals surface area (Å²) in [6.45, 7) is 4.24. The highest BCUT2D eigenvalue weighted by Crippen LogP contribution is 2.24. The lowest BCUT2D eigenvalue weighted by molar-refractivity contribution is -0.109. The van der Waals surface area contributed by atoms with Gasteiger partial charge in [-0.25, -0.2) is 15.0 Å². The molecule has 0 aliphatic rings. The van der Waals surface area contributed by atoms with Gasteiger partial charge in [0.05, 0.1) is 10.9 Å². The number of hydrazine groups is 1. The van der Waals surface area contributed by atoms with Crippen LogP contribution in [0.4, 0.5) is 10.8 Å². The molecular weight excluding hydrogens is 558 g/mol. The van der Waals surface area contributed by atoms with Crippen LogP contribution in [0, 0.1) is 13.8 Å². The molecule has 3 aromatic carbocycles. The van der Waals surface area contributed by atoms with Gasteiger partial charge in [-0.1, -0.05) is 72.8 Å². The number of rotatable bonds is 12. The van der Waals surface area contributed by atoms with Crippen molar-refractivity contribution in [3.05, 3.63) is 135 Å². The standard InChI is InChI=1S/C34H33N5O5/c1-23-28(21-38(34(42)43)20-26-12-7-4-8-13-26)15-16-30-31(23)32(41)44-33(37-30)39(36-19-27-14-9-17-35-24(27)2)29(22-40)18-25-10-5-3-6-11-25/h3-17,22,29,36H,18-21H2,1-2H3,(H,42,43)/t29-/m0/s1. The minimum absolute atomic E-state index is 0.0551. The van der Waals surface area contributed by atoms with E-state index in [0.29, 0.717) is 29.6 Å². The zero-order valence-electron chi connectivity index (χ0n) is 24.5. The number of aryl methyl sites for hydroxylation is 2. The third kappa shape index (κ3) is 6.99. The monoisotopic (exact) mass is 591 g/mol. The van der Waals surface area contributed by atoms with Crippen LogP contribution < -0.4 is 16.1 Å². The van der Waals surface area contributed by atoms with E-state index in [1.165, 1.54) is 9.91 Å². The van der Waals surface area contributed by atoms with E-state index >= 15 is 0 Å². The minimum Gasteiger partial charge on any atom is -0.465 e. The Balaban J connectivity index is 1.49. The summed E-state index contributed by atoms with van der Waals surface area (Å²) in [6, 6.07) is 25.3. The topological polar surface area (TPSA) is 129 Å². The summed E-state index contributed by atoms with van der Waals surface area (Å²) in [4.78, 5) is 48.3. The van der Waals surface area contributed by atoms with Gasteiger partial charge >= 0.3 is 17.7 Å². The number of amides is 1. The first-order chi connectivity index (χ1) is 21.3. The third-order valence-electron chi connectivity index (χ3n) is 7.55. The van der Waals surface area contributed by atoms with Gasteiger partial charge in [-0.3, -0.25) is 14.9 Å². The van der Waals surface area contributed by atoms with Crippen LogP contribution in [0.1, 0.15) is 33.5 Å². The minimum atomic E-state index is -1.07. The van der Waals surface area contributed by atoms with Crippen LogP contribution in [0.15, 0.2) is 100 Å². The molecule has 1 atom stereocenters. The molecule has 0 aliphatic carbocycles. The van der Waals surface area contributed by atoms with E-state index in [9.17, 15) is 19.5 Å². The van der Waals surface area contributed by atoms with Crippen LogP contribution in [-0.2, 0) is 30.8 Å². The molecule has 0 saturated carbocycles. The highest BCUT2D eigenvalue weighted by Gasteiger charge is 2.25. The van der Waals surface area contributed by atoms with Gasteiger partial charge in [0, 0.05) is 37.9 Å². The molecule has 0 spiro atoms. The molecule has 5 aromatic rings. The quantitative estimate of drug-likeness (QED) is 0.149. The van der Waals surface area contributed by atoms with Crippen molar-refractivity contribution in [2.45, 2.75) is 45.9 Å². The van der Waals surface area contributed by atoms with Crippen molar-refractivity contribution in [3.63, 3.8) is 0 Å². The van der Waals surface area contributed by atoms with Crippen LogP contribution in [0.5, 0.6) is 0 Å². The normalized spacial score (nSPS) is 11.7. The number of fused-ring (bicyclic) bond motifs is 1. The van der Waals surface area contributed by atoms with Crippen molar-refractivity contribution in [2.24, 2.45) is 0 Å². The molecular formula is C34H33N5O5. The maximum atomic E-state index is 13.5. The fourth-order valence-corrected chi connectivity index (χ4v) is 5.08. The summed E-state index contributed by atoms with van der Waals surface area (Å²) in [5.74, 6) is 0. The number of carbonyl (C=O) groups is 2. The molecule has 0 bridgehead atoms. The van der Waals surface area contributed by atoms with Gasteiger partial charge in [0.1, 0.15) is 12.3 Å². The third-order valence-corrected chi connectivity index (χ3v) is 7.55. The zero-order valence-corrected chi connectivity index (χ0v) is 24.5. The van der Waals surface area contributed by atoms with Gasteiger partial charge < -0.3 is 14.3 Å². The maximum Gasteiger partial charge on any atom is 0.407 e. The number of hydrogen-bond donors (Lipinski definition) is 2. The molecule has 0 aliphatic heterocycles. The predicted octanol–water partition coefficient (Wildman–Crippen LogP) is 5.20. The SMILES string of the molecule is Cc1ncccc1CNN(c1nc2ccc(CN(Cc3ccccc3)C(=O)O)c(C)c2c(=O)o1)[C@H](C=O)Cc1ccccc1. The van der Waals surface area contributed by atoms with Gasteiger partial charge in [-0.15, -0.1) is 0 Å². The zero-order chi connectivity index (χ0) is 31.1. The van der Waals surface area contributed by atoms with Gasteiger partial charge in [-0.05, 0) is 53.8 Å². The number of aldehydes is 1. The van der Waals surface area contributed by atoms with Crippen molar-refractivity contribution in [2.75, 3.05) is 5.01 Å². The van der Waals surface area contributed by atoms with Crippen molar-refractivity contribution < 1.29 is 19.1 Å². The number of pyridine rings is 1. The van der Waals surface area contributed by atoms with Gasteiger partial charge in [0.15, 0.2) is 0 Å². The lowest BCUT2D eigenvalue weighted by Gasteiger charge is -2.28. The predicted molar refractivity (Wildman–Crippen MR) is 167 cm³/mol. The van der Waals surface area contributed by atoms with E-state index in [1.807, 2.05) is 79.7 Å². The second kappa shape index (κ2) is 13.7. The number of nitrogens with one attached hydrogen (secondary N) is 1. The number of carboxylic acid groups (broad SMARTS) is 1. The summed E-state index contributed by atoms with van der Waals surface area (Å²) < 4.78 is 5.77. The number of nitrogens with zero attached hydrogens (tertiary/aromatic N) is 4. The second-order valence-electron chi connectivity index (χ2n) is 10.5. The van der Waals surface area contributed by atoms with E-state index < -0.39 is 17.8 Å². The molecule has 1 amide bonds. The molecule has 0 unspecified atom stereocenters. The Morgan fingerprint density at radius 2 is 1.64 bits per heavy atom. The summed E-state index contributed by atoms with van der Waals surface area (Å²) in [5.41, 5.74) is 7.73. The Morgan fingerprint density at radius 1 is 0.932 bits per heavy atom. The van der Waals surface area contributed by atoms with E-state index in [1.54, 1.807) is 25.3 Å². The molecule has 5 rings (SSSR count). The molecule has 0 radical (unpaired) electrons.